The average molecular weight is 247 g/mol. The van der Waals surface area contributed by atoms with Crippen molar-refractivity contribution in [2.45, 2.75) is 33.2 Å². The van der Waals surface area contributed by atoms with Crippen LogP contribution in [-0.2, 0) is 4.79 Å². The van der Waals surface area contributed by atoms with Crippen LogP contribution in [0.3, 0.4) is 0 Å². The monoisotopic (exact) mass is 247 g/mol. The summed E-state index contributed by atoms with van der Waals surface area (Å²) in [5, 5.41) is 0. The summed E-state index contributed by atoms with van der Waals surface area (Å²) in [6, 6.07) is 6.33. The quantitative estimate of drug-likeness (QED) is 0.800. The Kier molecular flexibility index (Phi) is 3.84. The molecule has 0 saturated carbocycles. The lowest BCUT2D eigenvalue weighted by Crippen LogP contribution is -2.54. The van der Waals surface area contributed by atoms with Crippen molar-refractivity contribution in [3.63, 3.8) is 0 Å². The third-order valence-electron chi connectivity index (χ3n) is 3.45. The minimum Gasteiger partial charge on any atom is -0.353 e. The molecule has 0 aliphatic carbocycles. The van der Waals surface area contributed by atoms with Crippen molar-refractivity contribution in [2.24, 2.45) is 0 Å². The number of nitrogens with zero attached hydrogens (tertiary/aromatic N) is 3. The number of carbonyl (C=O) groups excluding carboxylic acids is 1. The smallest absolute Gasteiger partial charge is 0.222 e. The zero-order chi connectivity index (χ0) is 13.1. The van der Waals surface area contributed by atoms with Crippen molar-refractivity contribution in [2.75, 3.05) is 24.5 Å². The molecule has 98 valence electrons. The molecule has 18 heavy (non-hydrogen) atoms. The minimum atomic E-state index is 0.249. The van der Waals surface area contributed by atoms with Crippen LogP contribution in [0, 0.1) is 6.92 Å². The Balaban J connectivity index is 2.06. The molecule has 1 aliphatic rings. The molecule has 4 nitrogen and oxygen atoms in total. The first kappa shape index (κ1) is 12.9. The van der Waals surface area contributed by atoms with Gasteiger partial charge in [0, 0.05) is 37.8 Å². The molecule has 1 aliphatic heterocycles. The Hall–Kier alpha value is -1.58. The summed E-state index contributed by atoms with van der Waals surface area (Å²) in [4.78, 5) is 20.5. The number of pyridine rings is 1. The lowest BCUT2D eigenvalue weighted by molar-refractivity contribution is -0.133. The fourth-order valence-corrected chi connectivity index (χ4v) is 2.44. The van der Waals surface area contributed by atoms with E-state index in [0.29, 0.717) is 6.42 Å². The van der Waals surface area contributed by atoms with Gasteiger partial charge in [-0.3, -0.25) is 4.79 Å². The van der Waals surface area contributed by atoms with Crippen LogP contribution in [0.2, 0.25) is 0 Å². The van der Waals surface area contributed by atoms with Gasteiger partial charge in [-0.05, 0) is 26.0 Å². The van der Waals surface area contributed by atoms with Crippen LogP contribution in [0.4, 0.5) is 5.82 Å². The molecule has 1 unspecified atom stereocenters. The zero-order valence-corrected chi connectivity index (χ0v) is 11.4. The number of rotatable bonds is 2. The maximum atomic E-state index is 11.8. The molecule has 0 aromatic carbocycles. The van der Waals surface area contributed by atoms with Crippen molar-refractivity contribution < 1.29 is 4.79 Å². The second kappa shape index (κ2) is 5.38. The average Bonchev–Trinajstić information content (AvgIpc) is 2.37. The van der Waals surface area contributed by atoms with E-state index in [-0.39, 0.29) is 11.9 Å². The third kappa shape index (κ3) is 2.63. The summed E-state index contributed by atoms with van der Waals surface area (Å²) in [6.07, 6.45) is 0.590. The Bertz CT molecular complexity index is 433. The van der Waals surface area contributed by atoms with Crippen LogP contribution in [0.25, 0.3) is 0 Å². The van der Waals surface area contributed by atoms with Gasteiger partial charge >= 0.3 is 0 Å². The van der Waals surface area contributed by atoms with E-state index in [1.807, 2.05) is 36.9 Å². The zero-order valence-electron chi connectivity index (χ0n) is 11.4. The number of aromatic nitrogens is 1. The van der Waals surface area contributed by atoms with E-state index < -0.39 is 0 Å². The summed E-state index contributed by atoms with van der Waals surface area (Å²) in [7, 11) is 0. The molecule has 0 spiro atoms. The second-order valence-corrected chi connectivity index (χ2v) is 4.87. The predicted octanol–water partition coefficient (Wildman–Crippen LogP) is 1.84. The highest BCUT2D eigenvalue weighted by atomic mass is 16.2. The van der Waals surface area contributed by atoms with Gasteiger partial charge in [0.15, 0.2) is 0 Å². The van der Waals surface area contributed by atoms with Gasteiger partial charge in [0.05, 0.1) is 0 Å². The number of anilines is 1. The lowest BCUT2D eigenvalue weighted by atomic mass is 10.1. The van der Waals surface area contributed by atoms with Gasteiger partial charge in [-0.25, -0.2) is 4.98 Å². The van der Waals surface area contributed by atoms with Crippen LogP contribution in [0.15, 0.2) is 18.2 Å². The van der Waals surface area contributed by atoms with Crippen molar-refractivity contribution in [1.82, 2.24) is 9.88 Å². The normalized spacial score (nSPS) is 20.1. The van der Waals surface area contributed by atoms with E-state index in [2.05, 4.69) is 16.8 Å². The molecule has 0 radical (unpaired) electrons. The molecule has 4 heteroatoms. The van der Waals surface area contributed by atoms with Crippen LogP contribution in [-0.4, -0.2) is 41.5 Å². The highest BCUT2D eigenvalue weighted by molar-refractivity contribution is 5.76. The SMILES string of the molecule is CCC(=O)N1CCN(c2cccc(C)n2)CC1C. The summed E-state index contributed by atoms with van der Waals surface area (Å²) >= 11 is 0. The fraction of sp³-hybridized carbons (Fsp3) is 0.571. The van der Waals surface area contributed by atoms with Gasteiger partial charge in [-0.1, -0.05) is 13.0 Å². The maximum absolute atomic E-state index is 11.8. The number of amides is 1. The number of aryl methyl sites for hydroxylation is 1. The Morgan fingerprint density at radius 1 is 1.44 bits per heavy atom. The number of piperazine rings is 1. The minimum absolute atomic E-state index is 0.249. The number of hydrogen-bond donors (Lipinski definition) is 0. The Morgan fingerprint density at radius 3 is 2.83 bits per heavy atom. The molecule has 1 saturated heterocycles. The van der Waals surface area contributed by atoms with Crippen molar-refractivity contribution >= 4 is 11.7 Å². The first-order valence-corrected chi connectivity index (χ1v) is 6.60. The van der Waals surface area contributed by atoms with E-state index in [9.17, 15) is 4.79 Å². The molecule has 1 aromatic heterocycles. The van der Waals surface area contributed by atoms with Crippen LogP contribution < -0.4 is 4.90 Å². The van der Waals surface area contributed by atoms with Crippen molar-refractivity contribution in [3.05, 3.63) is 23.9 Å². The fourth-order valence-electron chi connectivity index (χ4n) is 2.44. The highest BCUT2D eigenvalue weighted by Gasteiger charge is 2.26. The molecule has 1 amide bonds. The van der Waals surface area contributed by atoms with Crippen LogP contribution in [0.1, 0.15) is 26.0 Å². The van der Waals surface area contributed by atoms with E-state index >= 15 is 0 Å². The Morgan fingerprint density at radius 2 is 2.22 bits per heavy atom. The standard InChI is InChI=1S/C14H21N3O/c1-4-14(18)17-9-8-16(10-12(17)3)13-7-5-6-11(2)15-13/h5-7,12H,4,8-10H2,1-3H3. The molecule has 1 aromatic rings. The van der Waals surface area contributed by atoms with E-state index in [1.165, 1.54) is 0 Å². The molecule has 2 rings (SSSR count). The van der Waals surface area contributed by atoms with Gasteiger partial charge in [-0.2, -0.15) is 0 Å². The summed E-state index contributed by atoms with van der Waals surface area (Å²) in [5.74, 6) is 1.27. The molecular weight excluding hydrogens is 226 g/mol. The Labute approximate surface area is 109 Å². The number of hydrogen-bond acceptors (Lipinski definition) is 3. The van der Waals surface area contributed by atoms with Crippen molar-refractivity contribution in [3.8, 4) is 0 Å². The second-order valence-electron chi connectivity index (χ2n) is 4.87. The van der Waals surface area contributed by atoms with Gasteiger partial charge in [0.2, 0.25) is 5.91 Å². The molecule has 1 fully saturated rings. The molecular formula is C14H21N3O. The van der Waals surface area contributed by atoms with E-state index in [1.54, 1.807) is 0 Å². The molecule has 1 atom stereocenters. The van der Waals surface area contributed by atoms with E-state index in [0.717, 1.165) is 31.1 Å². The molecule has 0 bridgehead atoms. The van der Waals surface area contributed by atoms with E-state index in [4.69, 9.17) is 0 Å². The summed E-state index contributed by atoms with van der Waals surface area (Å²) < 4.78 is 0. The first-order chi connectivity index (χ1) is 8.61. The molecule has 0 N–H and O–H groups in total. The maximum Gasteiger partial charge on any atom is 0.222 e. The predicted molar refractivity (Wildman–Crippen MR) is 72.7 cm³/mol. The summed E-state index contributed by atoms with van der Waals surface area (Å²) in [6.45, 7) is 8.56. The van der Waals surface area contributed by atoms with Gasteiger partial charge < -0.3 is 9.80 Å². The lowest BCUT2D eigenvalue weighted by Gasteiger charge is -2.40. The van der Waals surface area contributed by atoms with Crippen LogP contribution >= 0.6 is 0 Å². The van der Waals surface area contributed by atoms with Crippen LogP contribution in [0.5, 0.6) is 0 Å². The largest absolute Gasteiger partial charge is 0.353 e. The highest BCUT2D eigenvalue weighted by Crippen LogP contribution is 2.17. The summed E-state index contributed by atoms with van der Waals surface area (Å²) in [5.41, 5.74) is 1.03. The molecule has 2 heterocycles. The topological polar surface area (TPSA) is 36.4 Å². The van der Waals surface area contributed by atoms with Crippen molar-refractivity contribution in [1.29, 1.82) is 0 Å². The number of carbonyl (C=O) groups is 1. The van der Waals surface area contributed by atoms with Gasteiger partial charge in [0.25, 0.3) is 0 Å². The third-order valence-corrected chi connectivity index (χ3v) is 3.45. The van der Waals surface area contributed by atoms with Gasteiger partial charge in [0.1, 0.15) is 5.82 Å². The first-order valence-electron chi connectivity index (χ1n) is 6.60. The van der Waals surface area contributed by atoms with Gasteiger partial charge in [-0.15, -0.1) is 0 Å².